The van der Waals surface area contributed by atoms with Gasteiger partial charge in [0.05, 0.1) is 50.5 Å². The van der Waals surface area contributed by atoms with Crippen LogP contribution >= 0.6 is 0 Å². The highest BCUT2D eigenvalue weighted by Gasteiger charge is 2.74. The third kappa shape index (κ3) is 7.36. The molecule has 6 rings (SSSR count). The van der Waals surface area contributed by atoms with Gasteiger partial charge in [-0.05, 0) is 17.9 Å². The maximum absolute atomic E-state index is 15.0. The molecule has 5 aliphatic heterocycles. The monoisotopic (exact) mass is 708 g/mol. The number of hydrogen-bond acceptors (Lipinski definition) is 10. The summed E-state index contributed by atoms with van der Waals surface area (Å²) < 4.78 is 24.0. The van der Waals surface area contributed by atoms with Crippen LogP contribution in [-0.2, 0) is 38.1 Å². The molecule has 3 saturated heterocycles. The Kier molecular flexibility index (Phi) is 11.9. The average molecular weight is 709 g/mol. The van der Waals surface area contributed by atoms with E-state index in [1.54, 1.807) is 17.1 Å². The van der Waals surface area contributed by atoms with Gasteiger partial charge in [0.1, 0.15) is 23.7 Å². The van der Waals surface area contributed by atoms with Crippen molar-refractivity contribution >= 4 is 23.7 Å². The van der Waals surface area contributed by atoms with Gasteiger partial charge in [0.2, 0.25) is 17.7 Å². The van der Waals surface area contributed by atoms with Crippen LogP contribution in [0.2, 0.25) is 0 Å². The second-order valence-corrected chi connectivity index (χ2v) is 14.2. The van der Waals surface area contributed by atoms with Gasteiger partial charge in [-0.2, -0.15) is 0 Å². The van der Waals surface area contributed by atoms with Crippen molar-refractivity contribution in [3.05, 3.63) is 60.2 Å². The van der Waals surface area contributed by atoms with Crippen LogP contribution in [0.4, 0.5) is 0 Å². The number of hydrogen-bond donors (Lipinski definition) is 2. The molecule has 1 aromatic rings. The van der Waals surface area contributed by atoms with Crippen LogP contribution in [0.5, 0.6) is 0 Å². The minimum atomic E-state index is -1.43. The zero-order valence-electron chi connectivity index (χ0n) is 29.9. The summed E-state index contributed by atoms with van der Waals surface area (Å²) in [5.41, 5.74) is -0.776. The molecule has 5 bridgehead atoms. The molecule has 13 nitrogen and oxygen atoms in total. The van der Waals surface area contributed by atoms with Crippen molar-refractivity contribution in [2.75, 3.05) is 66.3 Å². The van der Waals surface area contributed by atoms with Crippen LogP contribution in [0.1, 0.15) is 44.8 Å². The van der Waals surface area contributed by atoms with E-state index >= 15 is 4.79 Å². The molecular formula is C38H52N4O9. The van der Waals surface area contributed by atoms with Crippen molar-refractivity contribution in [2.24, 2.45) is 17.8 Å². The number of allylic oxidation sites excluding steroid dienone is 1. The van der Waals surface area contributed by atoms with Crippen molar-refractivity contribution in [2.45, 2.75) is 69.0 Å². The highest BCUT2D eigenvalue weighted by molar-refractivity contribution is 5.99. The molecular weight excluding hydrogens is 656 g/mol. The van der Waals surface area contributed by atoms with Gasteiger partial charge in [-0.15, -0.1) is 0 Å². The van der Waals surface area contributed by atoms with E-state index in [9.17, 15) is 19.5 Å². The zero-order chi connectivity index (χ0) is 36.1. The van der Waals surface area contributed by atoms with Gasteiger partial charge >= 0.3 is 5.97 Å². The summed E-state index contributed by atoms with van der Waals surface area (Å²) in [6, 6.07) is 6.62. The highest BCUT2D eigenvalue weighted by atomic mass is 16.6. The predicted octanol–water partition coefficient (Wildman–Crippen LogP) is 1.47. The number of nitrogens with one attached hydrogen (secondary N) is 1. The fraction of sp³-hybridized carbons (Fsp3) is 0.632. The molecule has 2 N–H and O–H groups in total. The molecule has 1 spiro atoms. The Morgan fingerprint density at radius 2 is 1.82 bits per heavy atom. The summed E-state index contributed by atoms with van der Waals surface area (Å²) in [5.74, 6) is -3.87. The van der Waals surface area contributed by atoms with E-state index in [1.807, 2.05) is 56.3 Å². The number of carbonyl (C=O) groups is 4. The van der Waals surface area contributed by atoms with Gasteiger partial charge in [0.15, 0.2) is 0 Å². The number of morpholine rings is 1. The summed E-state index contributed by atoms with van der Waals surface area (Å²) in [6.07, 6.45) is 6.84. The zero-order valence-corrected chi connectivity index (χ0v) is 29.9. The Bertz CT molecular complexity index is 1470. The molecule has 0 saturated carbocycles. The maximum atomic E-state index is 15.0. The number of rotatable bonds is 10. The number of cyclic esters (lactones) is 1. The minimum Gasteiger partial charge on any atom is -0.455 e. The molecule has 5 aliphatic rings. The highest BCUT2D eigenvalue weighted by Crippen LogP contribution is 2.56. The van der Waals surface area contributed by atoms with Gasteiger partial charge in [-0.25, -0.2) is 0 Å². The Labute approximate surface area is 299 Å². The van der Waals surface area contributed by atoms with Crippen molar-refractivity contribution in [3.63, 3.8) is 0 Å². The first kappa shape index (κ1) is 37.1. The van der Waals surface area contributed by atoms with Crippen LogP contribution in [0, 0.1) is 17.8 Å². The van der Waals surface area contributed by atoms with E-state index in [1.165, 1.54) is 12.0 Å². The lowest BCUT2D eigenvalue weighted by Gasteiger charge is -2.41. The largest absolute Gasteiger partial charge is 0.455 e. The van der Waals surface area contributed by atoms with E-state index in [0.717, 1.165) is 13.1 Å². The molecule has 5 heterocycles. The van der Waals surface area contributed by atoms with Crippen molar-refractivity contribution in [1.29, 1.82) is 0 Å². The van der Waals surface area contributed by atoms with E-state index in [0.29, 0.717) is 44.7 Å². The molecule has 3 amide bonds. The number of aliphatic hydroxyl groups excluding tert-OH is 1. The first-order valence-corrected chi connectivity index (χ1v) is 18.3. The van der Waals surface area contributed by atoms with Crippen molar-refractivity contribution in [3.8, 4) is 0 Å². The first-order valence-electron chi connectivity index (χ1n) is 18.3. The van der Waals surface area contributed by atoms with Gasteiger partial charge in [-0.1, -0.05) is 74.9 Å². The van der Waals surface area contributed by atoms with Crippen LogP contribution in [0.25, 0.3) is 0 Å². The Hall–Kier alpha value is -3.62. The fourth-order valence-corrected chi connectivity index (χ4v) is 8.31. The van der Waals surface area contributed by atoms with Gasteiger partial charge in [-0.3, -0.25) is 24.1 Å². The Morgan fingerprint density at radius 1 is 1.06 bits per heavy atom. The number of fused-ring (bicyclic) bond motifs is 2. The molecule has 51 heavy (non-hydrogen) atoms. The number of ether oxygens (including phenoxy) is 4. The van der Waals surface area contributed by atoms with E-state index in [2.05, 4.69) is 10.2 Å². The van der Waals surface area contributed by atoms with Crippen molar-refractivity contribution in [1.82, 2.24) is 20.0 Å². The summed E-state index contributed by atoms with van der Waals surface area (Å²) in [7, 11) is 1.52. The van der Waals surface area contributed by atoms with Crippen LogP contribution in [0.15, 0.2) is 54.6 Å². The SMILES string of the molecule is CC[C@H](C)[C@H](CO)N1C(=O)[C@@H]2[C@H]3C(=O)O[C@@H](c4ccccc4)[C@H](COC)NC(=O)CC/C=C\CN(CCN4CCOCC4)C(=O)[C@@H]1[C@]21C=C[C@H]3O1. The smallest absolute Gasteiger partial charge is 0.313 e. The number of esters is 1. The van der Waals surface area contributed by atoms with E-state index < -0.39 is 59.6 Å². The number of likely N-dealkylation sites (tertiary alicyclic amines) is 1. The van der Waals surface area contributed by atoms with Gasteiger partial charge < -0.3 is 39.2 Å². The van der Waals surface area contributed by atoms with Crippen LogP contribution in [-0.4, -0.2) is 140 Å². The van der Waals surface area contributed by atoms with E-state index in [-0.39, 0.29) is 43.9 Å². The standard InChI is InChI=1S/C38H52N4O9/c1-4-25(2)28(23-43)42-34-36(46)41(18-17-40-19-21-49-22-20-40)16-10-6-9-13-30(44)39-27(24-48-3)33(26-11-7-5-8-12-26)50-37(47)31-29-14-15-38(34,51-29)32(31)35(42)45/h5-8,10-12,14-15,25,27-29,31-34,43H,4,9,13,16-24H2,1-3H3,(H,39,44)/b10-6-/t25-,27-,28-,29+,31-,32-,33-,34+,38-/m0/s1. The second kappa shape index (κ2) is 16.4. The average Bonchev–Trinajstić information content (AvgIpc) is 3.79. The van der Waals surface area contributed by atoms with Gasteiger partial charge in [0.25, 0.3) is 0 Å². The second-order valence-electron chi connectivity index (χ2n) is 14.2. The fourth-order valence-electron chi connectivity index (χ4n) is 8.31. The number of methoxy groups -OCH3 is 1. The molecule has 13 heteroatoms. The lowest BCUT2D eigenvalue weighted by Crippen LogP contribution is -2.60. The summed E-state index contributed by atoms with van der Waals surface area (Å²) in [4.78, 5) is 63.1. The normalized spacial score (nSPS) is 33.6. The van der Waals surface area contributed by atoms with Crippen molar-refractivity contribution < 1.29 is 43.2 Å². The first-order chi connectivity index (χ1) is 24.7. The molecule has 278 valence electrons. The topological polar surface area (TPSA) is 147 Å². The van der Waals surface area contributed by atoms with E-state index in [4.69, 9.17) is 18.9 Å². The number of aliphatic hydroxyl groups is 1. The third-order valence-corrected chi connectivity index (χ3v) is 11.2. The minimum absolute atomic E-state index is 0.0702. The number of carbonyl (C=O) groups excluding carboxylic acids is 4. The molecule has 0 aromatic heterocycles. The summed E-state index contributed by atoms with van der Waals surface area (Å²) in [5, 5.41) is 13.8. The quantitative estimate of drug-likeness (QED) is 0.271. The molecule has 1 aromatic carbocycles. The third-order valence-electron chi connectivity index (χ3n) is 11.2. The molecule has 0 radical (unpaired) electrons. The lowest BCUT2D eigenvalue weighted by molar-refractivity contribution is -0.163. The summed E-state index contributed by atoms with van der Waals surface area (Å²) in [6.45, 7) is 7.62. The predicted molar refractivity (Wildman–Crippen MR) is 186 cm³/mol. The molecule has 9 atom stereocenters. The lowest BCUT2D eigenvalue weighted by atomic mass is 9.74. The number of amides is 3. The van der Waals surface area contributed by atoms with Gasteiger partial charge in [0, 0.05) is 46.3 Å². The van der Waals surface area contributed by atoms with Crippen LogP contribution < -0.4 is 5.32 Å². The molecule has 3 fully saturated rings. The number of nitrogens with zero attached hydrogens (tertiary/aromatic N) is 3. The Balaban J connectivity index is 1.42. The maximum Gasteiger partial charge on any atom is 0.313 e. The molecule has 0 aliphatic carbocycles. The Morgan fingerprint density at radius 3 is 2.53 bits per heavy atom. The number of benzene rings is 1. The molecule has 0 unspecified atom stereocenters. The van der Waals surface area contributed by atoms with Crippen LogP contribution in [0.3, 0.4) is 0 Å². The summed E-state index contributed by atoms with van der Waals surface area (Å²) >= 11 is 0.